The van der Waals surface area contributed by atoms with Crippen molar-refractivity contribution in [1.29, 1.82) is 0 Å². The van der Waals surface area contributed by atoms with E-state index in [9.17, 15) is 4.79 Å². The van der Waals surface area contributed by atoms with Gasteiger partial charge < -0.3 is 11.1 Å². The van der Waals surface area contributed by atoms with Crippen LogP contribution < -0.4 is 11.1 Å². The maximum absolute atomic E-state index is 12.1. The Morgan fingerprint density at radius 2 is 2.00 bits per heavy atom. The van der Waals surface area contributed by atoms with Gasteiger partial charge in [0, 0.05) is 11.1 Å². The Labute approximate surface area is 118 Å². The molecule has 0 aliphatic rings. The number of amides is 1. The normalized spacial score (nSPS) is 11.4. The Hall–Kier alpha value is -0.930. The van der Waals surface area contributed by atoms with Crippen LogP contribution in [0.5, 0.6) is 0 Å². The van der Waals surface area contributed by atoms with Crippen LogP contribution in [0.4, 0.5) is 5.69 Å². The van der Waals surface area contributed by atoms with E-state index in [0.717, 1.165) is 12.8 Å². The number of carbonyl (C=O) groups is 1. The fraction of sp³-hybridized carbons (Fsp3) is 0.462. The van der Waals surface area contributed by atoms with Crippen LogP contribution in [0, 0.1) is 0 Å². The van der Waals surface area contributed by atoms with Crippen molar-refractivity contribution in [2.75, 3.05) is 5.73 Å². The fourth-order valence-electron chi connectivity index (χ4n) is 1.81. The minimum Gasteiger partial charge on any atom is -0.397 e. The zero-order valence-corrected chi connectivity index (χ0v) is 12.3. The molecule has 0 fully saturated rings. The molecule has 0 aliphatic carbocycles. The molecule has 100 valence electrons. The van der Waals surface area contributed by atoms with Gasteiger partial charge in [-0.15, -0.1) is 0 Å². The van der Waals surface area contributed by atoms with Gasteiger partial charge in [-0.05, 0) is 32.4 Å². The molecule has 3 N–H and O–H groups in total. The highest BCUT2D eigenvalue weighted by Crippen LogP contribution is 2.29. The number of carbonyl (C=O) groups excluding carboxylic acids is 1. The highest BCUT2D eigenvalue weighted by molar-refractivity contribution is 6.43. The summed E-state index contributed by atoms with van der Waals surface area (Å²) < 4.78 is 0. The Bertz CT molecular complexity index is 435. The monoisotopic (exact) mass is 288 g/mol. The average molecular weight is 289 g/mol. The van der Waals surface area contributed by atoms with E-state index in [1.165, 1.54) is 12.1 Å². The van der Waals surface area contributed by atoms with Gasteiger partial charge in [0.25, 0.3) is 5.91 Å². The summed E-state index contributed by atoms with van der Waals surface area (Å²) in [6.45, 7) is 6.04. The molecule has 0 saturated heterocycles. The summed E-state index contributed by atoms with van der Waals surface area (Å²) in [5, 5.41) is 3.52. The molecule has 0 heterocycles. The largest absolute Gasteiger partial charge is 0.397 e. The molecule has 0 radical (unpaired) electrons. The molecular weight excluding hydrogens is 271 g/mol. The number of nitrogens with two attached hydrogens (primary N) is 1. The molecule has 3 nitrogen and oxygen atoms in total. The van der Waals surface area contributed by atoms with Crippen LogP contribution in [-0.2, 0) is 0 Å². The summed E-state index contributed by atoms with van der Waals surface area (Å²) in [6.07, 6.45) is 1.90. The lowest BCUT2D eigenvalue weighted by Crippen LogP contribution is -2.43. The Morgan fingerprint density at radius 3 is 2.50 bits per heavy atom. The van der Waals surface area contributed by atoms with E-state index in [0.29, 0.717) is 11.3 Å². The second-order valence-corrected chi connectivity index (χ2v) is 5.73. The van der Waals surface area contributed by atoms with Gasteiger partial charge in [-0.25, -0.2) is 0 Å². The molecule has 0 bridgehead atoms. The number of halogens is 2. The summed E-state index contributed by atoms with van der Waals surface area (Å²) in [5.41, 5.74) is 6.16. The topological polar surface area (TPSA) is 55.1 Å². The van der Waals surface area contributed by atoms with Crippen molar-refractivity contribution in [3.63, 3.8) is 0 Å². The smallest absolute Gasteiger partial charge is 0.251 e. The van der Waals surface area contributed by atoms with Crippen LogP contribution in [0.3, 0.4) is 0 Å². The lowest BCUT2D eigenvalue weighted by molar-refractivity contribution is 0.0909. The standard InChI is InChI=1S/C13H18Cl2N2O/c1-4-5-13(2,3)17-12(18)8-6-9(14)11(15)10(16)7-8/h6-7H,4-5,16H2,1-3H3,(H,17,18). The van der Waals surface area contributed by atoms with E-state index in [1.54, 1.807) is 0 Å². The van der Waals surface area contributed by atoms with Crippen molar-refractivity contribution in [1.82, 2.24) is 5.32 Å². The second-order valence-electron chi connectivity index (χ2n) is 4.95. The minimum atomic E-state index is -0.257. The maximum atomic E-state index is 12.1. The third-order valence-electron chi connectivity index (χ3n) is 2.65. The van der Waals surface area contributed by atoms with Gasteiger partial charge in [0.15, 0.2) is 0 Å². The number of hydrogen-bond acceptors (Lipinski definition) is 2. The van der Waals surface area contributed by atoms with E-state index in [4.69, 9.17) is 28.9 Å². The lowest BCUT2D eigenvalue weighted by Gasteiger charge is -2.26. The zero-order chi connectivity index (χ0) is 13.9. The summed E-state index contributed by atoms with van der Waals surface area (Å²) in [6, 6.07) is 3.06. The summed E-state index contributed by atoms with van der Waals surface area (Å²) >= 11 is 11.8. The van der Waals surface area contributed by atoms with Crippen molar-refractivity contribution in [3.05, 3.63) is 27.7 Å². The molecule has 1 aromatic carbocycles. The fourth-order valence-corrected chi connectivity index (χ4v) is 2.14. The zero-order valence-electron chi connectivity index (χ0n) is 10.8. The first-order valence-corrected chi connectivity index (χ1v) is 6.59. The third kappa shape index (κ3) is 3.79. The highest BCUT2D eigenvalue weighted by Gasteiger charge is 2.21. The van der Waals surface area contributed by atoms with Crippen LogP contribution in [0.1, 0.15) is 44.0 Å². The third-order valence-corrected chi connectivity index (χ3v) is 3.46. The van der Waals surface area contributed by atoms with Crippen LogP contribution in [0.25, 0.3) is 0 Å². The van der Waals surface area contributed by atoms with Gasteiger partial charge in [0.05, 0.1) is 15.7 Å². The molecule has 0 unspecified atom stereocenters. The van der Waals surface area contributed by atoms with Crippen LogP contribution >= 0.6 is 23.2 Å². The van der Waals surface area contributed by atoms with E-state index in [1.807, 2.05) is 13.8 Å². The van der Waals surface area contributed by atoms with Gasteiger partial charge in [-0.3, -0.25) is 4.79 Å². The summed E-state index contributed by atoms with van der Waals surface area (Å²) in [7, 11) is 0. The maximum Gasteiger partial charge on any atom is 0.251 e. The Kier molecular flexibility index (Phi) is 4.88. The number of hydrogen-bond donors (Lipinski definition) is 2. The number of nitrogens with one attached hydrogen (secondary N) is 1. The molecule has 0 spiro atoms. The molecular formula is C13H18Cl2N2O. The van der Waals surface area contributed by atoms with E-state index in [-0.39, 0.29) is 21.5 Å². The van der Waals surface area contributed by atoms with Crippen LogP contribution in [0.15, 0.2) is 12.1 Å². The molecule has 0 aromatic heterocycles. The first-order valence-electron chi connectivity index (χ1n) is 5.84. The molecule has 0 aliphatic heterocycles. The van der Waals surface area contributed by atoms with Crippen molar-refractivity contribution >= 4 is 34.8 Å². The predicted molar refractivity (Wildman–Crippen MR) is 77.3 cm³/mol. The van der Waals surface area contributed by atoms with Gasteiger partial charge in [-0.1, -0.05) is 36.5 Å². The summed E-state index contributed by atoms with van der Waals surface area (Å²) in [4.78, 5) is 12.1. The van der Waals surface area contributed by atoms with E-state index in [2.05, 4.69) is 12.2 Å². The van der Waals surface area contributed by atoms with Crippen LogP contribution in [0.2, 0.25) is 10.0 Å². The number of rotatable bonds is 4. The van der Waals surface area contributed by atoms with Gasteiger partial charge >= 0.3 is 0 Å². The molecule has 5 heteroatoms. The Balaban J connectivity index is 2.92. The van der Waals surface area contributed by atoms with Gasteiger partial charge in [-0.2, -0.15) is 0 Å². The first-order chi connectivity index (χ1) is 8.26. The van der Waals surface area contributed by atoms with E-state index >= 15 is 0 Å². The SMILES string of the molecule is CCCC(C)(C)NC(=O)c1cc(N)c(Cl)c(Cl)c1. The van der Waals surface area contributed by atoms with Gasteiger partial charge in [0.2, 0.25) is 0 Å². The number of anilines is 1. The highest BCUT2D eigenvalue weighted by atomic mass is 35.5. The van der Waals surface area contributed by atoms with Crippen LogP contribution in [-0.4, -0.2) is 11.4 Å². The quantitative estimate of drug-likeness (QED) is 0.826. The predicted octanol–water partition coefficient (Wildman–Crippen LogP) is 3.88. The van der Waals surface area contributed by atoms with Crippen molar-refractivity contribution in [2.45, 2.75) is 39.2 Å². The van der Waals surface area contributed by atoms with Crippen molar-refractivity contribution in [3.8, 4) is 0 Å². The van der Waals surface area contributed by atoms with Crippen molar-refractivity contribution in [2.24, 2.45) is 0 Å². The molecule has 1 aromatic rings. The summed E-state index contributed by atoms with van der Waals surface area (Å²) in [5.74, 6) is -0.196. The Morgan fingerprint density at radius 1 is 1.39 bits per heavy atom. The molecule has 0 atom stereocenters. The van der Waals surface area contributed by atoms with Crippen molar-refractivity contribution < 1.29 is 4.79 Å². The molecule has 1 amide bonds. The minimum absolute atomic E-state index is 0.196. The molecule has 1 rings (SSSR count). The van der Waals surface area contributed by atoms with E-state index < -0.39 is 0 Å². The number of nitrogen functional groups attached to an aromatic ring is 1. The molecule has 18 heavy (non-hydrogen) atoms. The molecule has 0 saturated carbocycles. The first kappa shape index (κ1) is 15.1. The lowest BCUT2D eigenvalue weighted by atomic mass is 9.98. The van der Waals surface area contributed by atoms with Gasteiger partial charge in [0.1, 0.15) is 0 Å². The second kappa shape index (κ2) is 5.81. The number of benzene rings is 1. The average Bonchev–Trinajstić information content (AvgIpc) is 2.24.